The van der Waals surface area contributed by atoms with E-state index >= 15 is 0 Å². The lowest BCUT2D eigenvalue weighted by Gasteiger charge is -2.16. The smallest absolute Gasteiger partial charge is 0.327 e. The minimum Gasteiger partial charge on any atom is -0.481 e. The summed E-state index contributed by atoms with van der Waals surface area (Å²) in [6.45, 7) is 9.91. The average molecular weight is 440 g/mol. The van der Waals surface area contributed by atoms with E-state index in [1.165, 1.54) is 35.4 Å². The molecule has 2 atom stereocenters. The summed E-state index contributed by atoms with van der Waals surface area (Å²) in [7, 11) is 0. The zero-order valence-electron chi connectivity index (χ0n) is 18.9. The average Bonchev–Trinajstić information content (AvgIpc) is 2.62. The minimum atomic E-state index is -1.12. The van der Waals surface area contributed by atoms with Crippen molar-refractivity contribution in [2.75, 3.05) is 11.5 Å². The van der Waals surface area contributed by atoms with E-state index in [2.05, 4.69) is 51.2 Å². The highest BCUT2D eigenvalue weighted by Crippen LogP contribution is 2.13. The first-order valence-electron chi connectivity index (χ1n) is 10.3. The lowest BCUT2D eigenvalue weighted by atomic mass is 10.1. The van der Waals surface area contributed by atoms with Gasteiger partial charge in [-0.1, -0.05) is 41.9 Å². The Bertz CT molecular complexity index is 663. The van der Waals surface area contributed by atoms with Crippen LogP contribution in [0.1, 0.15) is 66.7 Å². The normalized spacial score (nSPS) is 14.0. The van der Waals surface area contributed by atoms with Crippen molar-refractivity contribution >= 4 is 29.6 Å². The molecule has 0 aromatic heterocycles. The summed E-state index contributed by atoms with van der Waals surface area (Å²) in [5.41, 5.74) is 3.99. The van der Waals surface area contributed by atoms with Gasteiger partial charge in [0.05, 0.1) is 6.42 Å². The van der Waals surface area contributed by atoms with Crippen molar-refractivity contribution in [2.24, 2.45) is 5.92 Å². The van der Waals surface area contributed by atoms with Gasteiger partial charge in [-0.15, -0.1) is 0 Å². The summed E-state index contributed by atoms with van der Waals surface area (Å²) in [5.74, 6) is -2.63. The van der Waals surface area contributed by atoms with Crippen LogP contribution in [0.25, 0.3) is 0 Å². The van der Waals surface area contributed by atoms with E-state index in [1.54, 1.807) is 0 Å². The van der Waals surface area contributed by atoms with Crippen molar-refractivity contribution in [3.63, 3.8) is 0 Å². The number of aliphatic carboxylic acids is 2. The largest absolute Gasteiger partial charge is 0.481 e. The van der Waals surface area contributed by atoms with Crippen LogP contribution < -0.4 is 5.32 Å². The molecular formula is C23H37NO5S. The molecule has 0 saturated carbocycles. The van der Waals surface area contributed by atoms with Crippen LogP contribution in [-0.2, 0) is 14.4 Å². The summed E-state index contributed by atoms with van der Waals surface area (Å²) in [4.78, 5) is 34.0. The van der Waals surface area contributed by atoms with Crippen molar-refractivity contribution in [1.82, 2.24) is 5.32 Å². The molecule has 0 saturated heterocycles. The molecular weight excluding hydrogens is 402 g/mol. The van der Waals surface area contributed by atoms with Crippen molar-refractivity contribution in [1.29, 1.82) is 0 Å². The molecule has 0 aliphatic carbocycles. The Morgan fingerprint density at radius 3 is 2.03 bits per heavy atom. The highest BCUT2D eigenvalue weighted by atomic mass is 32.2. The highest BCUT2D eigenvalue weighted by Gasteiger charge is 2.24. The quantitative estimate of drug-likeness (QED) is 0.250. The lowest BCUT2D eigenvalue weighted by Crippen LogP contribution is -2.45. The molecule has 3 N–H and O–H groups in total. The molecule has 1 amide bonds. The minimum absolute atomic E-state index is 0.230. The highest BCUT2D eigenvalue weighted by molar-refractivity contribution is 7.99. The van der Waals surface area contributed by atoms with E-state index in [-0.39, 0.29) is 12.2 Å². The molecule has 7 heteroatoms. The van der Waals surface area contributed by atoms with E-state index in [9.17, 15) is 19.5 Å². The third-order valence-electron chi connectivity index (χ3n) is 4.50. The van der Waals surface area contributed by atoms with Gasteiger partial charge in [-0.2, -0.15) is 11.8 Å². The van der Waals surface area contributed by atoms with E-state index in [0.29, 0.717) is 5.75 Å². The van der Waals surface area contributed by atoms with Crippen LogP contribution in [0.4, 0.5) is 0 Å². The van der Waals surface area contributed by atoms with Gasteiger partial charge in [-0.05, 0) is 53.4 Å². The number of amides is 1. The first-order chi connectivity index (χ1) is 14.0. The first kappa shape index (κ1) is 28.0. The SMILES string of the molecule is CC(C)=CCC/C(C)=C/CC/C(C)=C/CSC[C@H](NC(=O)C(C)CC(=O)O)C(=O)O. The number of rotatable bonds is 15. The van der Waals surface area contributed by atoms with Crippen molar-refractivity contribution in [3.05, 3.63) is 34.9 Å². The Morgan fingerprint density at radius 1 is 0.933 bits per heavy atom. The number of hydrogen-bond acceptors (Lipinski definition) is 4. The van der Waals surface area contributed by atoms with Gasteiger partial charge in [-0.3, -0.25) is 9.59 Å². The fourth-order valence-corrected chi connectivity index (χ4v) is 3.57. The number of hydrogen-bond donors (Lipinski definition) is 3. The first-order valence-corrected chi connectivity index (χ1v) is 11.5. The molecule has 0 spiro atoms. The number of carboxylic acids is 2. The summed E-state index contributed by atoms with van der Waals surface area (Å²) < 4.78 is 0. The summed E-state index contributed by atoms with van der Waals surface area (Å²) >= 11 is 1.43. The van der Waals surface area contributed by atoms with Crippen LogP contribution in [0.2, 0.25) is 0 Å². The Hall–Kier alpha value is -2.02. The van der Waals surface area contributed by atoms with Gasteiger partial charge in [0.25, 0.3) is 0 Å². The molecule has 0 rings (SSSR count). The van der Waals surface area contributed by atoms with Crippen LogP contribution in [0.3, 0.4) is 0 Å². The summed E-state index contributed by atoms with van der Waals surface area (Å²) in [6, 6.07) is -1.03. The zero-order chi connectivity index (χ0) is 23.1. The standard InChI is InChI=1S/C23H37NO5S/c1-16(2)8-6-9-17(3)10-7-11-18(4)12-13-30-15-20(23(28)29)24-22(27)19(5)14-21(25)26/h8,10,12,19-20H,6-7,9,11,13-15H2,1-5H3,(H,24,27)(H,25,26)(H,28,29)/b17-10+,18-12+/t19?,20-/m0/s1. The monoisotopic (exact) mass is 439 g/mol. The predicted molar refractivity (Wildman–Crippen MR) is 124 cm³/mol. The fourth-order valence-electron chi connectivity index (χ4n) is 2.57. The topological polar surface area (TPSA) is 104 Å². The Kier molecular flexibility index (Phi) is 14.7. The van der Waals surface area contributed by atoms with Crippen LogP contribution in [0.15, 0.2) is 34.9 Å². The third kappa shape index (κ3) is 14.9. The van der Waals surface area contributed by atoms with E-state index < -0.39 is 29.8 Å². The molecule has 0 fully saturated rings. The Morgan fingerprint density at radius 2 is 1.50 bits per heavy atom. The number of carboxylic acid groups (broad SMARTS) is 2. The second-order valence-electron chi connectivity index (χ2n) is 7.90. The lowest BCUT2D eigenvalue weighted by molar-refractivity contribution is -0.143. The van der Waals surface area contributed by atoms with Gasteiger partial charge in [0.15, 0.2) is 0 Å². The number of allylic oxidation sites excluding steroid dienone is 5. The third-order valence-corrected chi connectivity index (χ3v) is 5.47. The maximum atomic E-state index is 11.9. The van der Waals surface area contributed by atoms with E-state index in [4.69, 9.17) is 5.11 Å². The van der Waals surface area contributed by atoms with Crippen LogP contribution in [0, 0.1) is 5.92 Å². The van der Waals surface area contributed by atoms with Crippen molar-refractivity contribution in [3.8, 4) is 0 Å². The van der Waals surface area contributed by atoms with Gasteiger partial charge >= 0.3 is 11.9 Å². The molecule has 30 heavy (non-hydrogen) atoms. The number of nitrogens with one attached hydrogen (secondary N) is 1. The molecule has 1 unspecified atom stereocenters. The van der Waals surface area contributed by atoms with Crippen LogP contribution in [0.5, 0.6) is 0 Å². The van der Waals surface area contributed by atoms with E-state index in [0.717, 1.165) is 25.7 Å². The van der Waals surface area contributed by atoms with Gasteiger partial charge < -0.3 is 15.5 Å². The molecule has 0 radical (unpaired) electrons. The van der Waals surface area contributed by atoms with Gasteiger partial charge in [0.2, 0.25) is 5.91 Å². The summed E-state index contributed by atoms with van der Waals surface area (Å²) in [6.07, 6.45) is 10.4. The van der Waals surface area contributed by atoms with Crippen molar-refractivity contribution in [2.45, 2.75) is 72.8 Å². The van der Waals surface area contributed by atoms with Gasteiger partial charge in [0, 0.05) is 17.4 Å². The van der Waals surface area contributed by atoms with Crippen LogP contribution >= 0.6 is 11.8 Å². The zero-order valence-corrected chi connectivity index (χ0v) is 19.7. The Labute approximate surface area is 184 Å². The second-order valence-corrected chi connectivity index (χ2v) is 8.97. The van der Waals surface area contributed by atoms with Crippen molar-refractivity contribution < 1.29 is 24.6 Å². The number of carbonyl (C=O) groups is 3. The van der Waals surface area contributed by atoms with Crippen LogP contribution in [-0.4, -0.2) is 45.6 Å². The molecule has 0 aliphatic rings. The number of thioether (sulfide) groups is 1. The number of carbonyl (C=O) groups excluding carboxylic acids is 1. The molecule has 0 aromatic carbocycles. The van der Waals surface area contributed by atoms with E-state index in [1.807, 2.05) is 0 Å². The molecule has 0 bridgehead atoms. The Balaban J connectivity index is 4.31. The molecule has 170 valence electrons. The summed E-state index contributed by atoms with van der Waals surface area (Å²) in [5, 5.41) is 20.4. The second kappa shape index (κ2) is 15.8. The van der Waals surface area contributed by atoms with Gasteiger partial charge in [0.1, 0.15) is 6.04 Å². The molecule has 0 aliphatic heterocycles. The fraction of sp³-hybridized carbons (Fsp3) is 0.609. The molecule has 6 nitrogen and oxygen atoms in total. The molecule has 0 heterocycles. The maximum Gasteiger partial charge on any atom is 0.327 e. The predicted octanol–water partition coefficient (Wildman–Crippen LogP) is 4.82. The maximum absolute atomic E-state index is 11.9. The molecule has 0 aromatic rings. The van der Waals surface area contributed by atoms with Gasteiger partial charge in [-0.25, -0.2) is 4.79 Å².